The van der Waals surface area contributed by atoms with Gasteiger partial charge in [-0.05, 0) is 31.5 Å². The molecule has 0 saturated carbocycles. The van der Waals surface area contributed by atoms with E-state index in [-0.39, 0.29) is 16.7 Å². The minimum absolute atomic E-state index is 0.105. The first kappa shape index (κ1) is 16.9. The molecule has 1 aromatic carbocycles. The predicted molar refractivity (Wildman–Crippen MR) is 91.8 cm³/mol. The Morgan fingerprint density at radius 3 is 2.86 bits per heavy atom. The van der Waals surface area contributed by atoms with E-state index < -0.39 is 0 Å². The number of aromatic nitrogens is 1. The number of nitrogens with one attached hydrogen (secondary N) is 1. The lowest BCUT2D eigenvalue weighted by Gasteiger charge is -2.06. The number of fused-ring (bicyclic) bond motifs is 1. The number of rotatable bonds is 6. The SMILES string of the molecule is CCC[C@H](Br)C(=O)Nc1nc2ccc(C(=O)OCC)cc2s1. The number of hydrogen-bond acceptors (Lipinski definition) is 5. The van der Waals surface area contributed by atoms with Crippen LogP contribution in [0.2, 0.25) is 0 Å². The highest BCUT2D eigenvalue weighted by atomic mass is 79.9. The van der Waals surface area contributed by atoms with Crippen molar-refractivity contribution in [2.45, 2.75) is 31.5 Å². The second-order valence-corrected chi connectivity index (χ2v) is 6.80. The number of carbonyl (C=O) groups excluding carboxylic acids is 2. The smallest absolute Gasteiger partial charge is 0.338 e. The summed E-state index contributed by atoms with van der Waals surface area (Å²) in [5.41, 5.74) is 1.23. The first-order valence-electron chi connectivity index (χ1n) is 7.07. The Kier molecular flexibility index (Phi) is 5.90. The van der Waals surface area contributed by atoms with E-state index in [1.165, 1.54) is 11.3 Å². The van der Waals surface area contributed by atoms with E-state index in [9.17, 15) is 9.59 Å². The van der Waals surface area contributed by atoms with Gasteiger partial charge in [0.1, 0.15) is 0 Å². The standard InChI is InChI=1S/C15H17BrN2O3S/c1-3-5-10(16)13(19)18-15-17-11-7-6-9(8-12(11)22-15)14(20)21-4-2/h6-8,10H,3-5H2,1-2H3,(H,17,18,19)/t10-/m0/s1. The molecular weight excluding hydrogens is 368 g/mol. The molecule has 0 bridgehead atoms. The van der Waals surface area contributed by atoms with Crippen molar-refractivity contribution in [3.63, 3.8) is 0 Å². The molecule has 0 unspecified atom stereocenters. The highest BCUT2D eigenvalue weighted by Gasteiger charge is 2.16. The third kappa shape index (κ3) is 4.04. The maximum atomic E-state index is 12.0. The molecule has 0 aliphatic carbocycles. The molecule has 1 aromatic heterocycles. The number of ether oxygens (including phenoxy) is 1. The van der Waals surface area contributed by atoms with Crippen LogP contribution in [0.4, 0.5) is 5.13 Å². The van der Waals surface area contributed by atoms with Crippen LogP contribution in [0.15, 0.2) is 18.2 Å². The molecule has 0 fully saturated rings. The average molecular weight is 385 g/mol. The Hall–Kier alpha value is -1.47. The lowest BCUT2D eigenvalue weighted by molar-refractivity contribution is -0.115. The average Bonchev–Trinajstić information content (AvgIpc) is 2.88. The van der Waals surface area contributed by atoms with Crippen molar-refractivity contribution in [3.8, 4) is 0 Å². The Morgan fingerprint density at radius 1 is 1.41 bits per heavy atom. The van der Waals surface area contributed by atoms with Gasteiger partial charge in [-0.1, -0.05) is 40.6 Å². The molecule has 2 rings (SSSR count). The summed E-state index contributed by atoms with van der Waals surface area (Å²) in [7, 11) is 0. The Bertz CT molecular complexity index is 686. The summed E-state index contributed by atoms with van der Waals surface area (Å²) < 4.78 is 5.81. The first-order valence-corrected chi connectivity index (χ1v) is 8.81. The summed E-state index contributed by atoms with van der Waals surface area (Å²) in [6.45, 7) is 4.13. The number of benzene rings is 1. The molecule has 0 aliphatic heterocycles. The van der Waals surface area contributed by atoms with Crippen molar-refractivity contribution in [1.29, 1.82) is 0 Å². The van der Waals surface area contributed by atoms with Gasteiger partial charge in [-0.25, -0.2) is 9.78 Å². The van der Waals surface area contributed by atoms with Crippen LogP contribution < -0.4 is 5.32 Å². The fourth-order valence-electron chi connectivity index (χ4n) is 1.89. The van der Waals surface area contributed by atoms with E-state index in [1.807, 2.05) is 6.92 Å². The highest BCUT2D eigenvalue weighted by molar-refractivity contribution is 9.10. The van der Waals surface area contributed by atoms with Crippen LogP contribution in [0.5, 0.6) is 0 Å². The van der Waals surface area contributed by atoms with Crippen molar-refractivity contribution >= 4 is 54.5 Å². The molecule has 0 radical (unpaired) electrons. The fraction of sp³-hybridized carbons (Fsp3) is 0.400. The number of amides is 1. The molecule has 5 nitrogen and oxygen atoms in total. The van der Waals surface area contributed by atoms with Crippen molar-refractivity contribution in [2.75, 3.05) is 11.9 Å². The van der Waals surface area contributed by atoms with Gasteiger partial charge in [0.2, 0.25) is 5.91 Å². The van der Waals surface area contributed by atoms with Crippen molar-refractivity contribution < 1.29 is 14.3 Å². The van der Waals surface area contributed by atoms with Gasteiger partial charge in [-0.2, -0.15) is 0 Å². The largest absolute Gasteiger partial charge is 0.462 e. The molecule has 0 spiro atoms. The second-order valence-electron chi connectivity index (χ2n) is 4.67. The van der Waals surface area contributed by atoms with Gasteiger partial charge < -0.3 is 10.1 Å². The van der Waals surface area contributed by atoms with Crippen LogP contribution in [0.1, 0.15) is 37.0 Å². The van der Waals surface area contributed by atoms with Gasteiger partial charge >= 0.3 is 5.97 Å². The minimum Gasteiger partial charge on any atom is -0.462 e. The molecule has 2 aromatic rings. The topological polar surface area (TPSA) is 68.3 Å². The van der Waals surface area contributed by atoms with E-state index in [1.54, 1.807) is 25.1 Å². The van der Waals surface area contributed by atoms with Gasteiger partial charge in [0.25, 0.3) is 0 Å². The summed E-state index contributed by atoms with van der Waals surface area (Å²) in [5.74, 6) is -0.460. The van der Waals surface area contributed by atoms with Crippen LogP contribution in [0, 0.1) is 0 Å². The number of thiazole rings is 1. The number of nitrogens with zero attached hydrogens (tertiary/aromatic N) is 1. The first-order chi connectivity index (χ1) is 10.5. The van der Waals surface area contributed by atoms with Crippen LogP contribution in [-0.4, -0.2) is 28.3 Å². The molecule has 0 saturated heterocycles. The monoisotopic (exact) mass is 384 g/mol. The molecule has 7 heteroatoms. The van der Waals surface area contributed by atoms with Crippen molar-refractivity contribution in [1.82, 2.24) is 4.98 Å². The molecule has 1 atom stereocenters. The second kappa shape index (κ2) is 7.69. The van der Waals surface area contributed by atoms with Crippen LogP contribution in [-0.2, 0) is 9.53 Å². The Balaban J connectivity index is 2.16. The molecular formula is C15H17BrN2O3S. The number of alkyl halides is 1. The summed E-state index contributed by atoms with van der Waals surface area (Å²) in [6, 6.07) is 5.17. The van der Waals surface area contributed by atoms with Gasteiger partial charge in [0, 0.05) is 0 Å². The number of hydrogen-bond donors (Lipinski definition) is 1. The molecule has 1 amide bonds. The third-order valence-corrected chi connectivity index (χ3v) is 4.76. The highest BCUT2D eigenvalue weighted by Crippen LogP contribution is 2.27. The molecule has 1 N–H and O–H groups in total. The lowest BCUT2D eigenvalue weighted by Crippen LogP contribution is -2.22. The zero-order chi connectivity index (χ0) is 16.1. The molecule has 118 valence electrons. The van der Waals surface area contributed by atoms with Crippen LogP contribution >= 0.6 is 27.3 Å². The van der Waals surface area contributed by atoms with E-state index in [0.717, 1.165) is 23.1 Å². The van der Waals surface area contributed by atoms with Crippen molar-refractivity contribution in [2.24, 2.45) is 0 Å². The number of halogens is 1. The van der Waals surface area contributed by atoms with Gasteiger partial charge in [0.05, 0.1) is 27.2 Å². The molecule has 1 heterocycles. The van der Waals surface area contributed by atoms with Gasteiger partial charge in [-0.15, -0.1) is 0 Å². The third-order valence-electron chi connectivity index (χ3n) is 2.96. The van der Waals surface area contributed by atoms with E-state index in [4.69, 9.17) is 4.74 Å². The number of carbonyl (C=O) groups is 2. The van der Waals surface area contributed by atoms with Crippen LogP contribution in [0.25, 0.3) is 10.2 Å². The Morgan fingerprint density at radius 2 is 2.18 bits per heavy atom. The quantitative estimate of drug-likeness (QED) is 0.604. The van der Waals surface area contributed by atoms with E-state index in [0.29, 0.717) is 17.3 Å². The van der Waals surface area contributed by atoms with E-state index >= 15 is 0 Å². The summed E-state index contributed by atoms with van der Waals surface area (Å²) in [5, 5.41) is 3.32. The van der Waals surface area contributed by atoms with Gasteiger partial charge in [0.15, 0.2) is 5.13 Å². The summed E-state index contributed by atoms with van der Waals surface area (Å²) >= 11 is 4.70. The van der Waals surface area contributed by atoms with Crippen molar-refractivity contribution in [3.05, 3.63) is 23.8 Å². The zero-order valence-corrected chi connectivity index (χ0v) is 14.8. The maximum Gasteiger partial charge on any atom is 0.338 e. The normalized spacial score (nSPS) is 12.1. The van der Waals surface area contributed by atoms with Gasteiger partial charge in [-0.3, -0.25) is 4.79 Å². The maximum absolute atomic E-state index is 12.0. The molecule has 0 aliphatic rings. The number of esters is 1. The van der Waals surface area contributed by atoms with Crippen LogP contribution in [0.3, 0.4) is 0 Å². The predicted octanol–water partition coefficient (Wildman–Crippen LogP) is 3.98. The minimum atomic E-state index is -0.355. The zero-order valence-electron chi connectivity index (χ0n) is 12.4. The lowest BCUT2D eigenvalue weighted by atomic mass is 10.2. The fourth-order valence-corrected chi connectivity index (χ4v) is 3.37. The molecule has 22 heavy (non-hydrogen) atoms. The van der Waals surface area contributed by atoms with E-state index in [2.05, 4.69) is 26.2 Å². The Labute approximate surface area is 141 Å². The summed E-state index contributed by atoms with van der Waals surface area (Å²) in [6.07, 6.45) is 1.69. The number of anilines is 1. The summed E-state index contributed by atoms with van der Waals surface area (Å²) in [4.78, 5) is 27.8.